The summed E-state index contributed by atoms with van der Waals surface area (Å²) in [7, 11) is 0. The predicted molar refractivity (Wildman–Crippen MR) is 56.7 cm³/mol. The Kier molecular flexibility index (Phi) is 1.78. The molecular weight excluding hydrogens is 190 g/mol. The van der Waals surface area contributed by atoms with Crippen LogP contribution in [0.2, 0.25) is 0 Å². The van der Waals surface area contributed by atoms with Crippen molar-refractivity contribution in [3.05, 3.63) is 36.0 Å². The van der Waals surface area contributed by atoms with E-state index in [-0.39, 0.29) is 12.1 Å². The second kappa shape index (κ2) is 3.12. The van der Waals surface area contributed by atoms with E-state index in [1.54, 1.807) is 0 Å². The highest BCUT2D eigenvalue weighted by Crippen LogP contribution is 2.25. The summed E-state index contributed by atoms with van der Waals surface area (Å²) < 4.78 is 5.21. The van der Waals surface area contributed by atoms with Gasteiger partial charge in [-0.05, 0) is 25.0 Å². The van der Waals surface area contributed by atoms with E-state index in [0.29, 0.717) is 5.69 Å². The Morgan fingerprint density at radius 3 is 2.87 bits per heavy atom. The quantitative estimate of drug-likeness (QED) is 0.758. The first kappa shape index (κ1) is 8.53. The molecule has 1 aliphatic rings. The topological polar surface area (TPSA) is 42.1 Å². The molecule has 3 heteroatoms. The molecule has 76 valence electrons. The average Bonchev–Trinajstić information content (AvgIpc) is 2.95. The van der Waals surface area contributed by atoms with Gasteiger partial charge in [0.1, 0.15) is 11.8 Å². The Balaban J connectivity index is 1.92. The van der Waals surface area contributed by atoms with Crippen LogP contribution in [0.5, 0.6) is 0 Å². The zero-order valence-corrected chi connectivity index (χ0v) is 8.19. The third kappa shape index (κ3) is 1.61. The molecule has 15 heavy (non-hydrogen) atoms. The summed E-state index contributed by atoms with van der Waals surface area (Å²) in [6.07, 6.45) is 2.17. The van der Waals surface area contributed by atoms with Crippen LogP contribution in [-0.4, -0.2) is 17.1 Å². The van der Waals surface area contributed by atoms with E-state index < -0.39 is 0 Å². The van der Waals surface area contributed by atoms with E-state index in [0.717, 1.165) is 23.7 Å². The molecule has 1 aromatic carbocycles. The Labute approximate surface area is 87.1 Å². The molecule has 1 saturated carbocycles. The lowest BCUT2D eigenvalue weighted by molar-refractivity contribution is 0.0466. The standard InChI is InChI=1S/C12H11NO2/c14-12(15-9-5-6-9)11-7-8-3-1-2-4-10(8)13-11/h1-4,7,9,13H,5-6H2. The Bertz CT molecular complexity index is 478. The van der Waals surface area contributed by atoms with Gasteiger partial charge in [-0.15, -0.1) is 0 Å². The van der Waals surface area contributed by atoms with Gasteiger partial charge in [0.25, 0.3) is 0 Å². The smallest absolute Gasteiger partial charge is 0.355 e. The lowest BCUT2D eigenvalue weighted by atomic mass is 10.2. The van der Waals surface area contributed by atoms with Crippen LogP contribution in [0, 0.1) is 0 Å². The fourth-order valence-electron chi connectivity index (χ4n) is 1.58. The van der Waals surface area contributed by atoms with Crippen molar-refractivity contribution in [2.75, 3.05) is 0 Å². The lowest BCUT2D eigenvalue weighted by Crippen LogP contribution is -2.06. The van der Waals surface area contributed by atoms with Crippen LogP contribution in [0.25, 0.3) is 10.9 Å². The Morgan fingerprint density at radius 2 is 2.13 bits per heavy atom. The van der Waals surface area contributed by atoms with Crippen molar-refractivity contribution in [2.24, 2.45) is 0 Å². The molecule has 0 atom stereocenters. The van der Waals surface area contributed by atoms with E-state index in [1.807, 2.05) is 30.3 Å². The van der Waals surface area contributed by atoms with Gasteiger partial charge in [0, 0.05) is 10.9 Å². The molecule has 1 heterocycles. The van der Waals surface area contributed by atoms with E-state index in [9.17, 15) is 4.79 Å². The van der Waals surface area contributed by atoms with Crippen molar-refractivity contribution in [3.63, 3.8) is 0 Å². The highest BCUT2D eigenvalue weighted by Gasteiger charge is 2.27. The first-order chi connectivity index (χ1) is 7.33. The van der Waals surface area contributed by atoms with Crippen LogP contribution >= 0.6 is 0 Å². The number of ether oxygens (including phenoxy) is 1. The monoisotopic (exact) mass is 201 g/mol. The third-order valence-corrected chi connectivity index (χ3v) is 2.55. The van der Waals surface area contributed by atoms with E-state index in [4.69, 9.17) is 4.74 Å². The van der Waals surface area contributed by atoms with Crippen molar-refractivity contribution in [1.29, 1.82) is 0 Å². The van der Waals surface area contributed by atoms with Crippen molar-refractivity contribution in [1.82, 2.24) is 4.98 Å². The van der Waals surface area contributed by atoms with Gasteiger partial charge in [0.05, 0.1) is 0 Å². The molecule has 1 aliphatic carbocycles. The largest absolute Gasteiger partial charge is 0.458 e. The minimum Gasteiger partial charge on any atom is -0.458 e. The number of para-hydroxylation sites is 1. The van der Waals surface area contributed by atoms with E-state index >= 15 is 0 Å². The maximum atomic E-state index is 11.6. The molecule has 0 amide bonds. The number of hydrogen-bond acceptors (Lipinski definition) is 2. The highest BCUT2D eigenvalue weighted by molar-refractivity contribution is 5.94. The van der Waals surface area contributed by atoms with Gasteiger partial charge < -0.3 is 9.72 Å². The summed E-state index contributed by atoms with van der Waals surface area (Å²) >= 11 is 0. The summed E-state index contributed by atoms with van der Waals surface area (Å²) in [4.78, 5) is 14.7. The van der Waals surface area contributed by atoms with E-state index in [1.165, 1.54) is 0 Å². The summed E-state index contributed by atoms with van der Waals surface area (Å²) in [5.41, 5.74) is 1.52. The second-order valence-corrected chi connectivity index (χ2v) is 3.87. The Hall–Kier alpha value is -1.77. The molecule has 0 bridgehead atoms. The number of H-pyrrole nitrogens is 1. The number of rotatable bonds is 2. The summed E-state index contributed by atoms with van der Waals surface area (Å²) in [5.74, 6) is -0.242. The zero-order chi connectivity index (χ0) is 10.3. The number of fused-ring (bicyclic) bond motifs is 1. The number of aromatic amines is 1. The number of nitrogens with one attached hydrogen (secondary N) is 1. The number of aromatic nitrogens is 1. The van der Waals surface area contributed by atoms with Gasteiger partial charge in [0.15, 0.2) is 0 Å². The minimum absolute atomic E-state index is 0.156. The highest BCUT2D eigenvalue weighted by atomic mass is 16.5. The molecular formula is C12H11NO2. The molecule has 1 N–H and O–H groups in total. The van der Waals surface area contributed by atoms with Crippen LogP contribution in [0.4, 0.5) is 0 Å². The van der Waals surface area contributed by atoms with Crippen LogP contribution in [0.1, 0.15) is 23.3 Å². The normalized spacial score (nSPS) is 15.5. The number of benzene rings is 1. The summed E-state index contributed by atoms with van der Waals surface area (Å²) in [5, 5.41) is 1.04. The number of esters is 1. The molecule has 0 saturated heterocycles. The third-order valence-electron chi connectivity index (χ3n) is 2.55. The van der Waals surface area contributed by atoms with Gasteiger partial charge in [-0.2, -0.15) is 0 Å². The molecule has 0 spiro atoms. The predicted octanol–water partition coefficient (Wildman–Crippen LogP) is 2.49. The van der Waals surface area contributed by atoms with Gasteiger partial charge in [-0.3, -0.25) is 0 Å². The number of hydrogen-bond donors (Lipinski definition) is 1. The molecule has 0 aliphatic heterocycles. The van der Waals surface area contributed by atoms with Crippen LogP contribution < -0.4 is 0 Å². The first-order valence-corrected chi connectivity index (χ1v) is 5.12. The van der Waals surface area contributed by atoms with Crippen molar-refractivity contribution in [3.8, 4) is 0 Å². The van der Waals surface area contributed by atoms with E-state index in [2.05, 4.69) is 4.98 Å². The van der Waals surface area contributed by atoms with Gasteiger partial charge in [0.2, 0.25) is 0 Å². The molecule has 3 rings (SSSR count). The summed E-state index contributed by atoms with van der Waals surface area (Å²) in [6, 6.07) is 9.64. The van der Waals surface area contributed by atoms with Crippen molar-refractivity contribution < 1.29 is 9.53 Å². The van der Waals surface area contributed by atoms with Gasteiger partial charge in [-0.1, -0.05) is 18.2 Å². The fourth-order valence-corrected chi connectivity index (χ4v) is 1.58. The SMILES string of the molecule is O=C(OC1CC1)c1cc2ccccc2[nH]1. The first-order valence-electron chi connectivity index (χ1n) is 5.12. The maximum absolute atomic E-state index is 11.6. The van der Waals surface area contributed by atoms with Crippen molar-refractivity contribution in [2.45, 2.75) is 18.9 Å². The molecule has 2 aromatic rings. The number of carbonyl (C=O) groups is 1. The lowest BCUT2D eigenvalue weighted by Gasteiger charge is -1.98. The number of carbonyl (C=O) groups excluding carboxylic acids is 1. The molecule has 1 fully saturated rings. The summed E-state index contributed by atoms with van der Waals surface area (Å²) in [6.45, 7) is 0. The second-order valence-electron chi connectivity index (χ2n) is 3.87. The Morgan fingerprint density at radius 1 is 1.33 bits per heavy atom. The minimum atomic E-state index is -0.242. The maximum Gasteiger partial charge on any atom is 0.355 e. The fraction of sp³-hybridized carbons (Fsp3) is 0.250. The molecule has 0 unspecified atom stereocenters. The molecule has 0 radical (unpaired) electrons. The average molecular weight is 201 g/mol. The zero-order valence-electron chi connectivity index (χ0n) is 8.19. The molecule has 1 aromatic heterocycles. The van der Waals surface area contributed by atoms with Crippen LogP contribution in [0.3, 0.4) is 0 Å². The van der Waals surface area contributed by atoms with Gasteiger partial charge in [-0.25, -0.2) is 4.79 Å². The van der Waals surface area contributed by atoms with Crippen molar-refractivity contribution >= 4 is 16.9 Å². The van der Waals surface area contributed by atoms with Gasteiger partial charge >= 0.3 is 5.97 Å². The molecule has 3 nitrogen and oxygen atoms in total. The van der Waals surface area contributed by atoms with Crippen LogP contribution in [0.15, 0.2) is 30.3 Å². The van der Waals surface area contributed by atoms with Crippen LogP contribution in [-0.2, 0) is 4.74 Å².